The van der Waals surface area contributed by atoms with Gasteiger partial charge in [0.2, 0.25) is 0 Å². The average Bonchev–Trinajstić information content (AvgIpc) is 2.86. The number of benzene rings is 1. The van der Waals surface area contributed by atoms with Gasteiger partial charge in [-0.15, -0.1) is 11.8 Å². The van der Waals surface area contributed by atoms with Crippen molar-refractivity contribution in [3.05, 3.63) is 52.0 Å². The summed E-state index contributed by atoms with van der Waals surface area (Å²) in [7, 11) is 0. The first-order valence-corrected chi connectivity index (χ1v) is 9.65. The summed E-state index contributed by atoms with van der Waals surface area (Å²) in [6, 6.07) is 5.66. The summed E-state index contributed by atoms with van der Waals surface area (Å²) in [5.41, 5.74) is 3.36. The zero-order valence-corrected chi connectivity index (χ0v) is 16.0. The van der Waals surface area contributed by atoms with Crippen molar-refractivity contribution in [3.8, 4) is 0 Å². The Hall–Kier alpha value is -1.23. The zero-order chi connectivity index (χ0) is 17.1. The first-order chi connectivity index (χ1) is 11.6. The van der Waals surface area contributed by atoms with Gasteiger partial charge in [-0.25, -0.2) is 4.98 Å². The first-order valence-electron chi connectivity index (χ1n) is 7.91. The van der Waals surface area contributed by atoms with Gasteiger partial charge in [-0.05, 0) is 56.2 Å². The predicted octanol–water partition coefficient (Wildman–Crippen LogP) is 5.93. The van der Waals surface area contributed by atoms with Gasteiger partial charge in [0.25, 0.3) is 0 Å². The second kappa shape index (κ2) is 7.77. The molecule has 24 heavy (non-hydrogen) atoms. The standard InChI is InChI=1S/C18H19Cl2N3S/c1-12-10-21-11-16-18(12)23(13(2)22-16)7-3-4-8-24-17-6-5-14(19)9-15(17)20/h5-6,9-11H,3-4,7-8H2,1-2H3. The third-order valence-electron chi connectivity index (χ3n) is 3.95. The van der Waals surface area contributed by atoms with Crippen molar-refractivity contribution in [1.82, 2.24) is 14.5 Å². The topological polar surface area (TPSA) is 30.7 Å². The highest BCUT2D eigenvalue weighted by Crippen LogP contribution is 2.30. The molecular formula is C18H19Cl2N3S. The zero-order valence-electron chi connectivity index (χ0n) is 13.7. The summed E-state index contributed by atoms with van der Waals surface area (Å²) in [5, 5.41) is 1.41. The number of hydrogen-bond acceptors (Lipinski definition) is 3. The van der Waals surface area contributed by atoms with Crippen LogP contribution in [0.15, 0.2) is 35.5 Å². The maximum atomic E-state index is 6.20. The second-order valence-electron chi connectivity index (χ2n) is 5.77. The lowest BCUT2D eigenvalue weighted by atomic mass is 10.2. The summed E-state index contributed by atoms with van der Waals surface area (Å²) < 4.78 is 2.30. The SMILES string of the molecule is Cc1cncc2nc(C)n(CCCCSc3ccc(Cl)cc3Cl)c12. The summed E-state index contributed by atoms with van der Waals surface area (Å²) in [6.45, 7) is 5.12. The van der Waals surface area contributed by atoms with Crippen LogP contribution >= 0.6 is 35.0 Å². The summed E-state index contributed by atoms with van der Waals surface area (Å²) in [4.78, 5) is 9.92. The number of aromatic nitrogens is 3. The van der Waals surface area contributed by atoms with Crippen LogP contribution < -0.4 is 0 Å². The molecule has 0 saturated carbocycles. The van der Waals surface area contributed by atoms with Crippen LogP contribution in [0.3, 0.4) is 0 Å². The van der Waals surface area contributed by atoms with E-state index in [-0.39, 0.29) is 0 Å². The van der Waals surface area contributed by atoms with Gasteiger partial charge >= 0.3 is 0 Å². The Labute approximate surface area is 156 Å². The van der Waals surface area contributed by atoms with E-state index >= 15 is 0 Å². The molecule has 3 aromatic rings. The van der Waals surface area contributed by atoms with Crippen molar-refractivity contribution in [2.75, 3.05) is 5.75 Å². The molecule has 3 nitrogen and oxygen atoms in total. The Morgan fingerprint density at radius 3 is 2.75 bits per heavy atom. The van der Waals surface area contributed by atoms with Crippen molar-refractivity contribution in [3.63, 3.8) is 0 Å². The molecular weight excluding hydrogens is 361 g/mol. The number of rotatable bonds is 6. The van der Waals surface area contributed by atoms with Gasteiger partial charge in [-0.2, -0.15) is 0 Å². The van der Waals surface area contributed by atoms with Gasteiger partial charge < -0.3 is 4.57 Å². The molecule has 0 spiro atoms. The largest absolute Gasteiger partial charge is 0.328 e. The molecule has 6 heteroatoms. The van der Waals surface area contributed by atoms with Crippen LogP contribution in [-0.2, 0) is 6.54 Å². The van der Waals surface area contributed by atoms with Gasteiger partial charge in [0.05, 0.1) is 16.7 Å². The van der Waals surface area contributed by atoms with E-state index in [1.165, 1.54) is 11.1 Å². The van der Waals surface area contributed by atoms with E-state index in [1.807, 2.05) is 24.5 Å². The fourth-order valence-corrected chi connectivity index (χ4v) is 4.30. The minimum Gasteiger partial charge on any atom is -0.328 e. The Kier molecular flexibility index (Phi) is 5.69. The van der Waals surface area contributed by atoms with Crippen LogP contribution in [0.1, 0.15) is 24.2 Å². The third kappa shape index (κ3) is 3.88. The van der Waals surface area contributed by atoms with Crippen molar-refractivity contribution in [1.29, 1.82) is 0 Å². The Morgan fingerprint density at radius 2 is 1.96 bits per heavy atom. The molecule has 0 unspecified atom stereocenters. The number of imidazole rings is 1. The fraction of sp³-hybridized carbons (Fsp3) is 0.333. The molecule has 0 saturated heterocycles. The lowest BCUT2D eigenvalue weighted by Crippen LogP contribution is -2.02. The van der Waals surface area contributed by atoms with Crippen LogP contribution in [0.5, 0.6) is 0 Å². The molecule has 0 amide bonds. The van der Waals surface area contributed by atoms with E-state index < -0.39 is 0 Å². The van der Waals surface area contributed by atoms with Crippen LogP contribution in [0, 0.1) is 13.8 Å². The third-order valence-corrected chi connectivity index (χ3v) is 5.77. The summed E-state index contributed by atoms with van der Waals surface area (Å²) >= 11 is 13.9. The van der Waals surface area contributed by atoms with Crippen LogP contribution in [0.4, 0.5) is 0 Å². The van der Waals surface area contributed by atoms with Gasteiger partial charge in [0.15, 0.2) is 0 Å². The van der Waals surface area contributed by atoms with Gasteiger partial charge in [-0.3, -0.25) is 4.98 Å². The van der Waals surface area contributed by atoms with E-state index in [4.69, 9.17) is 23.2 Å². The highest BCUT2D eigenvalue weighted by molar-refractivity contribution is 7.99. The van der Waals surface area contributed by atoms with Crippen LogP contribution in [0.25, 0.3) is 11.0 Å². The van der Waals surface area contributed by atoms with E-state index in [9.17, 15) is 0 Å². The number of unbranched alkanes of at least 4 members (excludes halogenated alkanes) is 1. The Bertz CT molecular complexity index is 861. The molecule has 0 aliphatic heterocycles. The summed E-state index contributed by atoms with van der Waals surface area (Å²) in [6.07, 6.45) is 5.96. The number of hydrogen-bond donors (Lipinski definition) is 0. The Balaban J connectivity index is 1.56. The number of fused-ring (bicyclic) bond motifs is 1. The van der Waals surface area contributed by atoms with Crippen molar-refractivity contribution >= 4 is 46.0 Å². The van der Waals surface area contributed by atoms with Crippen LogP contribution in [-0.4, -0.2) is 20.3 Å². The normalized spacial score (nSPS) is 11.3. The molecule has 0 fully saturated rings. The maximum Gasteiger partial charge on any atom is 0.107 e. The van der Waals surface area contributed by atoms with E-state index in [0.717, 1.165) is 46.4 Å². The molecule has 0 N–H and O–H groups in total. The molecule has 2 heterocycles. The van der Waals surface area contributed by atoms with Crippen molar-refractivity contribution in [2.45, 2.75) is 38.1 Å². The molecule has 0 atom stereocenters. The first kappa shape index (κ1) is 17.6. The number of thioether (sulfide) groups is 1. The molecule has 1 aromatic carbocycles. The quantitative estimate of drug-likeness (QED) is 0.392. The molecule has 126 valence electrons. The highest BCUT2D eigenvalue weighted by Gasteiger charge is 2.09. The lowest BCUT2D eigenvalue weighted by Gasteiger charge is -2.09. The highest BCUT2D eigenvalue weighted by atomic mass is 35.5. The predicted molar refractivity (Wildman–Crippen MR) is 103 cm³/mol. The van der Waals surface area contributed by atoms with E-state index in [0.29, 0.717) is 5.02 Å². The number of halogens is 2. The average molecular weight is 380 g/mol. The van der Waals surface area contributed by atoms with Crippen molar-refractivity contribution < 1.29 is 0 Å². The minimum absolute atomic E-state index is 0.677. The number of nitrogens with zero attached hydrogens (tertiary/aromatic N) is 3. The molecule has 0 radical (unpaired) electrons. The van der Waals surface area contributed by atoms with Gasteiger partial charge in [0.1, 0.15) is 11.3 Å². The maximum absolute atomic E-state index is 6.20. The number of aryl methyl sites for hydroxylation is 3. The Morgan fingerprint density at radius 1 is 1.12 bits per heavy atom. The molecule has 2 aromatic heterocycles. The van der Waals surface area contributed by atoms with E-state index in [1.54, 1.807) is 17.8 Å². The van der Waals surface area contributed by atoms with Gasteiger partial charge in [-0.1, -0.05) is 23.2 Å². The molecule has 3 rings (SSSR count). The smallest absolute Gasteiger partial charge is 0.107 e. The van der Waals surface area contributed by atoms with Crippen molar-refractivity contribution in [2.24, 2.45) is 0 Å². The number of pyridine rings is 1. The molecule has 0 aliphatic rings. The molecule has 0 aliphatic carbocycles. The van der Waals surface area contributed by atoms with E-state index in [2.05, 4.69) is 28.4 Å². The van der Waals surface area contributed by atoms with Gasteiger partial charge in [0, 0.05) is 22.7 Å². The lowest BCUT2D eigenvalue weighted by molar-refractivity contribution is 0.633. The minimum atomic E-state index is 0.677. The fourth-order valence-electron chi connectivity index (χ4n) is 2.79. The van der Waals surface area contributed by atoms with Crippen LogP contribution in [0.2, 0.25) is 10.0 Å². The molecule has 0 bridgehead atoms. The summed E-state index contributed by atoms with van der Waals surface area (Å²) in [5.74, 6) is 2.09. The monoisotopic (exact) mass is 379 g/mol. The second-order valence-corrected chi connectivity index (χ2v) is 7.75.